The number of nitrogens with two attached hydrogens (primary N) is 1. The fourth-order valence-corrected chi connectivity index (χ4v) is 5.87. The van der Waals surface area contributed by atoms with Crippen LogP contribution in [-0.2, 0) is 19.2 Å². The molecule has 10 nitrogen and oxygen atoms in total. The summed E-state index contributed by atoms with van der Waals surface area (Å²) in [4.78, 5) is 65.8. The normalized spacial score (nSPS) is 25.6. The number of ketones is 1. The fraction of sp³-hybridized carbons (Fsp3) is 0.815. The Labute approximate surface area is 232 Å². The summed E-state index contributed by atoms with van der Waals surface area (Å²) in [7, 11) is 0. The molecule has 0 radical (unpaired) electrons. The zero-order chi connectivity index (χ0) is 30.6. The van der Waals surface area contributed by atoms with E-state index >= 15 is 0 Å². The second-order valence-electron chi connectivity index (χ2n) is 13.7. The average molecular weight is 574 g/mol. The number of piperidine rings is 1. The minimum absolute atomic E-state index is 0.0252. The Hall–Kier alpha value is -2.86. The van der Waals surface area contributed by atoms with E-state index in [2.05, 4.69) is 10.6 Å². The molecule has 2 saturated carbocycles. The van der Waals surface area contributed by atoms with Gasteiger partial charge in [0.2, 0.25) is 17.6 Å². The summed E-state index contributed by atoms with van der Waals surface area (Å²) in [6.07, 6.45) is -1.72. The predicted octanol–water partition coefficient (Wildman–Crippen LogP) is 2.25. The third-order valence-corrected chi connectivity index (χ3v) is 8.95. The third kappa shape index (κ3) is 6.22. The number of carbonyl (C=O) groups is 5. The van der Waals surface area contributed by atoms with Gasteiger partial charge in [-0.15, -0.1) is 0 Å². The topological polar surface area (TPSA) is 151 Å². The molecule has 0 bridgehead atoms. The number of hydrogen-bond acceptors (Lipinski definition) is 5. The van der Waals surface area contributed by atoms with Crippen LogP contribution in [0.15, 0.2) is 0 Å². The molecular weight excluding hydrogens is 531 g/mol. The molecule has 3 rings (SSSR count). The van der Waals surface area contributed by atoms with E-state index in [-0.39, 0.29) is 36.1 Å². The number of alkyl halides is 3. The van der Waals surface area contributed by atoms with Gasteiger partial charge in [0, 0.05) is 6.54 Å². The summed E-state index contributed by atoms with van der Waals surface area (Å²) in [5.74, 6) is -3.35. The van der Waals surface area contributed by atoms with Crippen LogP contribution in [0.2, 0.25) is 0 Å². The van der Waals surface area contributed by atoms with Crippen molar-refractivity contribution < 1.29 is 37.1 Å². The average Bonchev–Trinajstić information content (AvgIpc) is 3.10. The zero-order valence-corrected chi connectivity index (χ0v) is 24.2. The van der Waals surface area contributed by atoms with Crippen molar-refractivity contribution in [3.8, 4) is 0 Å². The molecule has 2 aliphatic carbocycles. The summed E-state index contributed by atoms with van der Waals surface area (Å²) in [5, 5.41) is 6.96. The van der Waals surface area contributed by atoms with Crippen molar-refractivity contribution in [1.82, 2.24) is 20.9 Å². The van der Waals surface area contributed by atoms with Crippen LogP contribution in [0.3, 0.4) is 0 Å². The van der Waals surface area contributed by atoms with Gasteiger partial charge >= 0.3 is 12.2 Å². The Kier molecular flexibility index (Phi) is 8.33. The highest BCUT2D eigenvalue weighted by molar-refractivity contribution is 6.37. The van der Waals surface area contributed by atoms with Gasteiger partial charge < -0.3 is 26.6 Å². The SMILES string of the molecule is CC(C)(C)[C@H](NC(=O)NC(C)(C)C(F)(F)F)C(=O)N1C[C@H]2[C@@H]([C@H]1C(=O)NC(CC1CCC1)C(=O)C(N)=O)C2(C)C. The molecule has 0 aromatic rings. The van der Waals surface area contributed by atoms with E-state index in [1.807, 2.05) is 19.2 Å². The van der Waals surface area contributed by atoms with Gasteiger partial charge in [0.1, 0.15) is 17.6 Å². The van der Waals surface area contributed by atoms with E-state index in [0.29, 0.717) is 0 Å². The van der Waals surface area contributed by atoms with Crippen molar-refractivity contribution in [1.29, 1.82) is 0 Å². The number of hydrogen-bond donors (Lipinski definition) is 4. The Bertz CT molecular complexity index is 1060. The lowest BCUT2D eigenvalue weighted by Crippen LogP contribution is -2.64. The first-order valence-corrected chi connectivity index (χ1v) is 13.7. The molecule has 0 aromatic carbocycles. The molecule has 40 heavy (non-hydrogen) atoms. The highest BCUT2D eigenvalue weighted by atomic mass is 19.4. The Morgan fingerprint density at radius 2 is 1.57 bits per heavy atom. The van der Waals surface area contributed by atoms with Crippen LogP contribution >= 0.6 is 0 Å². The minimum Gasteiger partial charge on any atom is -0.363 e. The minimum atomic E-state index is -4.73. The van der Waals surface area contributed by atoms with Gasteiger partial charge in [0.15, 0.2) is 0 Å². The Balaban J connectivity index is 1.83. The van der Waals surface area contributed by atoms with Gasteiger partial charge in [-0.25, -0.2) is 4.79 Å². The summed E-state index contributed by atoms with van der Waals surface area (Å²) >= 11 is 0. The maximum Gasteiger partial charge on any atom is 0.411 e. The third-order valence-electron chi connectivity index (χ3n) is 8.95. The quantitative estimate of drug-likeness (QED) is 0.312. The lowest BCUT2D eigenvalue weighted by atomic mass is 9.80. The number of rotatable bonds is 9. The van der Waals surface area contributed by atoms with Crippen molar-refractivity contribution in [3.63, 3.8) is 0 Å². The van der Waals surface area contributed by atoms with E-state index < -0.39 is 64.8 Å². The van der Waals surface area contributed by atoms with Crippen molar-refractivity contribution in [2.75, 3.05) is 6.54 Å². The molecule has 1 unspecified atom stereocenters. The number of nitrogens with zero attached hydrogens (tertiary/aromatic N) is 1. The van der Waals surface area contributed by atoms with E-state index in [1.165, 1.54) is 4.90 Å². The van der Waals surface area contributed by atoms with Gasteiger partial charge in [-0.1, -0.05) is 53.9 Å². The van der Waals surface area contributed by atoms with Crippen molar-refractivity contribution >= 4 is 29.5 Å². The van der Waals surface area contributed by atoms with E-state index in [0.717, 1.165) is 33.1 Å². The summed E-state index contributed by atoms with van der Waals surface area (Å²) in [6, 6.07) is -4.53. The Morgan fingerprint density at radius 1 is 1.00 bits per heavy atom. The summed E-state index contributed by atoms with van der Waals surface area (Å²) < 4.78 is 40.0. The monoisotopic (exact) mass is 573 g/mol. The molecule has 5 amide bonds. The number of primary amides is 1. The highest BCUT2D eigenvalue weighted by Gasteiger charge is 2.70. The number of nitrogens with one attached hydrogen (secondary N) is 3. The molecule has 0 spiro atoms. The van der Waals surface area contributed by atoms with Crippen molar-refractivity contribution in [3.05, 3.63) is 0 Å². The maximum atomic E-state index is 13.9. The van der Waals surface area contributed by atoms with Crippen LogP contribution in [-0.4, -0.2) is 70.8 Å². The van der Waals surface area contributed by atoms with Gasteiger partial charge in [-0.3, -0.25) is 19.2 Å². The van der Waals surface area contributed by atoms with E-state index in [4.69, 9.17) is 5.73 Å². The first kappa shape index (κ1) is 31.7. The Morgan fingerprint density at radius 3 is 2.02 bits per heavy atom. The molecular formula is C27H42F3N5O5. The van der Waals surface area contributed by atoms with E-state index in [9.17, 15) is 37.1 Å². The molecule has 3 fully saturated rings. The van der Waals surface area contributed by atoms with Crippen LogP contribution in [0, 0.1) is 28.6 Å². The summed E-state index contributed by atoms with van der Waals surface area (Å²) in [6.45, 7) is 10.7. The first-order chi connectivity index (χ1) is 18.1. The number of Topliss-reactive ketones (excluding diaryl/α,β-unsaturated/α-hetero) is 1. The van der Waals surface area contributed by atoms with Gasteiger partial charge in [0.25, 0.3) is 5.91 Å². The highest BCUT2D eigenvalue weighted by Crippen LogP contribution is 2.65. The second kappa shape index (κ2) is 10.5. The largest absolute Gasteiger partial charge is 0.411 e. The number of urea groups is 1. The van der Waals surface area contributed by atoms with Crippen molar-refractivity contribution in [2.24, 2.45) is 34.3 Å². The lowest BCUT2D eigenvalue weighted by molar-refractivity contribution is -0.182. The van der Waals surface area contributed by atoms with Crippen LogP contribution in [0.25, 0.3) is 0 Å². The van der Waals surface area contributed by atoms with E-state index in [1.54, 1.807) is 20.8 Å². The van der Waals surface area contributed by atoms with Crippen LogP contribution in [0.1, 0.15) is 74.1 Å². The molecule has 0 aromatic heterocycles. The standard InChI is InChI=1S/C27H42F3N5O5/c1-24(2,3)19(33-23(40)34-26(6,7)27(28,29)30)22(39)35-12-14-16(25(14,4)5)17(35)21(38)32-15(18(36)20(31)37)11-13-9-8-10-13/h13-17,19H,8-12H2,1-7H3,(H2,31,37)(H,32,38)(H2,33,34,40)/t14-,15?,16-,17-,19+/m0/s1. The number of carbonyl (C=O) groups excluding carboxylic acids is 5. The molecule has 5 N–H and O–H groups in total. The number of amides is 5. The molecule has 226 valence electrons. The van der Waals surface area contributed by atoms with Crippen LogP contribution < -0.4 is 21.7 Å². The van der Waals surface area contributed by atoms with Crippen molar-refractivity contribution in [2.45, 2.75) is 104 Å². The second-order valence-corrected chi connectivity index (χ2v) is 13.7. The zero-order valence-electron chi connectivity index (χ0n) is 24.2. The molecule has 5 atom stereocenters. The lowest BCUT2D eigenvalue weighted by Gasteiger charge is -2.38. The fourth-order valence-electron chi connectivity index (χ4n) is 5.87. The number of fused-ring (bicyclic) bond motifs is 1. The molecule has 13 heteroatoms. The maximum absolute atomic E-state index is 13.9. The van der Waals surface area contributed by atoms with Gasteiger partial charge in [0.05, 0.1) is 6.04 Å². The summed E-state index contributed by atoms with van der Waals surface area (Å²) in [5.41, 5.74) is 1.50. The van der Waals surface area contributed by atoms with Crippen LogP contribution in [0.5, 0.6) is 0 Å². The number of halogens is 3. The molecule has 1 aliphatic heterocycles. The first-order valence-electron chi connectivity index (χ1n) is 13.7. The molecule has 1 saturated heterocycles. The van der Waals surface area contributed by atoms with Gasteiger partial charge in [-0.05, 0) is 48.9 Å². The predicted molar refractivity (Wildman–Crippen MR) is 139 cm³/mol. The number of likely N-dealkylation sites (tertiary alicyclic amines) is 1. The van der Waals surface area contributed by atoms with Gasteiger partial charge in [-0.2, -0.15) is 13.2 Å². The smallest absolute Gasteiger partial charge is 0.363 e. The van der Waals surface area contributed by atoms with Crippen LogP contribution in [0.4, 0.5) is 18.0 Å². The molecule has 3 aliphatic rings. The molecule has 1 heterocycles.